The predicted octanol–water partition coefficient (Wildman–Crippen LogP) is 1.85. The summed E-state index contributed by atoms with van der Waals surface area (Å²) in [4.78, 5) is 27.0. The average Bonchev–Trinajstić information content (AvgIpc) is 3.16. The van der Waals surface area contributed by atoms with Gasteiger partial charge in [-0.15, -0.1) is 0 Å². The van der Waals surface area contributed by atoms with Crippen molar-refractivity contribution < 1.29 is 14.3 Å². The molecule has 0 radical (unpaired) electrons. The van der Waals surface area contributed by atoms with Crippen molar-refractivity contribution in [2.75, 3.05) is 13.2 Å². The van der Waals surface area contributed by atoms with E-state index in [1.807, 2.05) is 11.0 Å². The minimum atomic E-state index is -0.649. The molecule has 4 rings (SSSR count). The predicted molar refractivity (Wildman–Crippen MR) is 92.3 cm³/mol. The van der Waals surface area contributed by atoms with E-state index in [1.165, 1.54) is 0 Å². The van der Waals surface area contributed by atoms with Gasteiger partial charge < -0.3 is 15.0 Å². The number of hydrogen-bond donors (Lipinski definition) is 1. The second kappa shape index (κ2) is 7.74. The highest BCUT2D eigenvalue weighted by atomic mass is 16.5. The second-order valence-corrected chi connectivity index (χ2v) is 7.99. The molecule has 2 amide bonds. The van der Waals surface area contributed by atoms with Crippen molar-refractivity contribution in [1.82, 2.24) is 10.2 Å². The van der Waals surface area contributed by atoms with E-state index in [0.29, 0.717) is 12.3 Å². The van der Waals surface area contributed by atoms with Crippen molar-refractivity contribution in [1.29, 1.82) is 5.26 Å². The van der Waals surface area contributed by atoms with Crippen LogP contribution in [-0.2, 0) is 14.3 Å². The maximum absolute atomic E-state index is 12.9. The monoisotopic (exact) mass is 347 g/mol. The number of ether oxygens (including phenoxy) is 1. The molecule has 138 valence electrons. The second-order valence-electron chi connectivity index (χ2n) is 7.99. The molecule has 3 aliphatic heterocycles. The Morgan fingerprint density at radius 2 is 2.12 bits per heavy atom. The minimum Gasteiger partial charge on any atom is -0.378 e. The fraction of sp³-hybridized carbons (Fsp3) is 0.842. The molecule has 6 nitrogen and oxygen atoms in total. The molecule has 1 N–H and O–H groups in total. The number of amides is 2. The molecule has 3 saturated heterocycles. The van der Waals surface area contributed by atoms with E-state index >= 15 is 0 Å². The van der Waals surface area contributed by atoms with Crippen LogP contribution in [0.15, 0.2) is 0 Å². The molecule has 1 saturated carbocycles. The molecule has 25 heavy (non-hydrogen) atoms. The van der Waals surface area contributed by atoms with Crippen LogP contribution < -0.4 is 5.32 Å². The van der Waals surface area contributed by atoms with E-state index in [1.54, 1.807) is 6.92 Å². The minimum absolute atomic E-state index is 0.0159. The fourth-order valence-electron chi connectivity index (χ4n) is 4.58. The molecule has 4 aliphatic rings. The van der Waals surface area contributed by atoms with Crippen molar-refractivity contribution in [2.24, 2.45) is 17.8 Å². The number of fused-ring (bicyclic) bond motifs is 3. The summed E-state index contributed by atoms with van der Waals surface area (Å²) in [7, 11) is 0. The third-order valence-electron chi connectivity index (χ3n) is 6.11. The number of carbonyl (C=O) groups excluding carboxylic acids is 2. The first-order valence-electron chi connectivity index (χ1n) is 9.60. The molecule has 0 spiro atoms. The smallest absolute Gasteiger partial charge is 0.237 e. The summed E-state index contributed by atoms with van der Waals surface area (Å²) in [5.41, 5.74) is 0. The van der Waals surface area contributed by atoms with Crippen molar-refractivity contribution in [3.8, 4) is 6.07 Å². The van der Waals surface area contributed by atoms with Crippen LogP contribution in [0.25, 0.3) is 0 Å². The molecule has 3 heterocycles. The van der Waals surface area contributed by atoms with E-state index in [9.17, 15) is 9.59 Å². The van der Waals surface area contributed by atoms with Gasteiger partial charge in [-0.25, -0.2) is 0 Å². The van der Waals surface area contributed by atoms with Crippen molar-refractivity contribution in [3.63, 3.8) is 0 Å². The number of carbonyl (C=O) groups is 2. The molecular formula is C19H29N3O3. The summed E-state index contributed by atoms with van der Waals surface area (Å²) in [6, 6.07) is 2.04. The first kappa shape index (κ1) is 18.2. The largest absolute Gasteiger partial charge is 0.378 e. The fourth-order valence-corrected chi connectivity index (χ4v) is 4.58. The van der Waals surface area contributed by atoms with Gasteiger partial charge in [-0.2, -0.15) is 5.26 Å². The van der Waals surface area contributed by atoms with Gasteiger partial charge in [-0.05, 0) is 50.9 Å². The normalized spacial score (nSPS) is 33.6. The number of nitrogens with zero attached hydrogens (tertiary/aromatic N) is 2. The summed E-state index contributed by atoms with van der Waals surface area (Å²) < 4.78 is 5.72. The molecule has 2 bridgehead atoms. The Morgan fingerprint density at radius 3 is 2.76 bits per heavy atom. The quantitative estimate of drug-likeness (QED) is 0.823. The highest BCUT2D eigenvalue weighted by Crippen LogP contribution is 2.36. The van der Waals surface area contributed by atoms with Crippen molar-refractivity contribution in [2.45, 2.75) is 70.6 Å². The summed E-state index contributed by atoms with van der Waals surface area (Å²) in [6.45, 7) is 5.33. The molecule has 6 unspecified atom stereocenters. The first-order valence-corrected chi connectivity index (χ1v) is 9.60. The Labute approximate surface area is 149 Å². The van der Waals surface area contributed by atoms with Crippen LogP contribution in [0.5, 0.6) is 0 Å². The van der Waals surface area contributed by atoms with Crippen molar-refractivity contribution >= 4 is 11.8 Å². The lowest BCUT2D eigenvalue weighted by molar-refractivity contribution is -0.143. The number of piperidine rings is 2. The summed E-state index contributed by atoms with van der Waals surface area (Å²) in [5, 5.41) is 11.9. The lowest BCUT2D eigenvalue weighted by Gasteiger charge is -2.50. The molecule has 0 aromatic heterocycles. The van der Waals surface area contributed by atoms with Gasteiger partial charge in [-0.1, -0.05) is 6.92 Å². The van der Waals surface area contributed by atoms with Gasteiger partial charge in [0.1, 0.15) is 5.92 Å². The number of rotatable bonds is 5. The SMILES string of the molecule is CC(C#N)C(=O)NC1CC2CCC1N(C(=O)CC(C)C1CCCO1)C2. The van der Waals surface area contributed by atoms with Crippen LogP contribution in [0.1, 0.15) is 52.4 Å². The zero-order valence-corrected chi connectivity index (χ0v) is 15.2. The van der Waals surface area contributed by atoms with Gasteiger partial charge in [0.2, 0.25) is 11.8 Å². The number of nitrogens with one attached hydrogen (secondary N) is 1. The summed E-state index contributed by atoms with van der Waals surface area (Å²) >= 11 is 0. The highest BCUT2D eigenvalue weighted by Gasteiger charge is 2.44. The molecule has 4 fully saturated rings. The van der Waals surface area contributed by atoms with E-state index in [2.05, 4.69) is 12.2 Å². The standard InChI is InChI=1S/C19H29N3O3/c1-12(17-4-3-7-25-17)8-18(23)22-11-14-5-6-16(22)15(9-14)21-19(24)13(2)10-20/h12-17H,3-9,11H2,1-2H3,(H,21,24). The molecule has 0 aromatic rings. The van der Waals surface area contributed by atoms with Gasteiger partial charge in [-0.3, -0.25) is 9.59 Å². The van der Waals surface area contributed by atoms with Gasteiger partial charge in [0.25, 0.3) is 0 Å². The average molecular weight is 347 g/mol. The van der Waals surface area contributed by atoms with Crippen LogP contribution in [0.3, 0.4) is 0 Å². The maximum atomic E-state index is 12.9. The van der Waals surface area contributed by atoms with E-state index < -0.39 is 5.92 Å². The number of hydrogen-bond acceptors (Lipinski definition) is 4. The van der Waals surface area contributed by atoms with Gasteiger partial charge in [0.15, 0.2) is 0 Å². The Bertz CT molecular complexity index is 553. The van der Waals surface area contributed by atoms with E-state index in [0.717, 1.165) is 45.3 Å². The van der Waals surface area contributed by atoms with Crippen LogP contribution in [0.2, 0.25) is 0 Å². The molecule has 0 aromatic carbocycles. The zero-order valence-electron chi connectivity index (χ0n) is 15.2. The zero-order chi connectivity index (χ0) is 18.0. The first-order chi connectivity index (χ1) is 12.0. The lowest BCUT2D eigenvalue weighted by atomic mass is 9.76. The summed E-state index contributed by atoms with van der Waals surface area (Å²) in [5.74, 6) is 0.00563. The van der Waals surface area contributed by atoms with Crippen LogP contribution in [-0.4, -0.2) is 48.1 Å². The third-order valence-corrected chi connectivity index (χ3v) is 6.11. The highest BCUT2D eigenvalue weighted by molar-refractivity contribution is 5.81. The molecule has 6 atom stereocenters. The topological polar surface area (TPSA) is 82.4 Å². The molecular weight excluding hydrogens is 318 g/mol. The van der Waals surface area contributed by atoms with Crippen LogP contribution >= 0.6 is 0 Å². The Hall–Kier alpha value is -1.61. The lowest BCUT2D eigenvalue weighted by Crippen LogP contribution is -2.63. The maximum Gasteiger partial charge on any atom is 0.237 e. The van der Waals surface area contributed by atoms with E-state index in [-0.39, 0.29) is 35.9 Å². The van der Waals surface area contributed by atoms with Crippen LogP contribution in [0, 0.1) is 29.1 Å². The van der Waals surface area contributed by atoms with Crippen LogP contribution in [0.4, 0.5) is 0 Å². The van der Waals surface area contributed by atoms with Gasteiger partial charge >= 0.3 is 0 Å². The number of nitriles is 1. The van der Waals surface area contributed by atoms with Gasteiger partial charge in [0.05, 0.1) is 18.2 Å². The van der Waals surface area contributed by atoms with Crippen molar-refractivity contribution in [3.05, 3.63) is 0 Å². The van der Waals surface area contributed by atoms with Gasteiger partial charge in [0, 0.05) is 25.6 Å². The van der Waals surface area contributed by atoms with E-state index in [4.69, 9.17) is 10.00 Å². The molecule has 6 heteroatoms. The Morgan fingerprint density at radius 1 is 1.32 bits per heavy atom. The molecule has 1 aliphatic carbocycles. The Kier molecular flexibility index (Phi) is 5.63. The summed E-state index contributed by atoms with van der Waals surface area (Å²) in [6.07, 6.45) is 5.83. The third kappa shape index (κ3) is 3.98. The Balaban J connectivity index is 1.60.